The molecule has 2 aliphatic rings. The second kappa shape index (κ2) is 22.5. The van der Waals surface area contributed by atoms with E-state index in [-0.39, 0.29) is 23.8 Å². The molecule has 3 aromatic carbocycles. The predicted molar refractivity (Wildman–Crippen MR) is 238 cm³/mol. The predicted octanol–water partition coefficient (Wildman–Crippen LogP) is 6.59. The average molecular weight is 867 g/mol. The molecule has 326 valence electrons. The number of hydrogen-bond acceptors (Lipinski definition) is 13. The number of amides is 3. The van der Waals surface area contributed by atoms with Crippen LogP contribution in [0, 0.1) is 0 Å². The molecule has 2 N–H and O–H groups in total. The van der Waals surface area contributed by atoms with Gasteiger partial charge in [-0.2, -0.15) is 0 Å². The Kier molecular flexibility index (Phi) is 17.2. The number of nitrogens with two attached hydrogens (primary N) is 1. The molecule has 0 radical (unpaired) electrons. The van der Waals surface area contributed by atoms with E-state index in [1.807, 2.05) is 34.5 Å². The largest absolute Gasteiger partial charge is 0.493 e. The van der Waals surface area contributed by atoms with Gasteiger partial charge in [0.1, 0.15) is 0 Å². The van der Waals surface area contributed by atoms with E-state index < -0.39 is 0 Å². The highest BCUT2D eigenvalue weighted by Gasteiger charge is 2.36. The van der Waals surface area contributed by atoms with Crippen LogP contribution < -0.4 is 38.9 Å². The van der Waals surface area contributed by atoms with E-state index in [2.05, 4.69) is 13.8 Å². The van der Waals surface area contributed by atoms with Gasteiger partial charge in [0.15, 0.2) is 34.5 Å². The second-order valence-electron chi connectivity index (χ2n) is 13.9. The molecule has 5 rings (SSSR count). The number of piperazine rings is 1. The summed E-state index contributed by atoms with van der Waals surface area (Å²) in [7, 11) is 7.62. The van der Waals surface area contributed by atoms with Crippen LogP contribution in [0.25, 0.3) is 6.08 Å². The van der Waals surface area contributed by atoms with Gasteiger partial charge in [-0.3, -0.25) is 14.4 Å². The molecule has 2 heterocycles. The summed E-state index contributed by atoms with van der Waals surface area (Å²) in [6.45, 7) is 7.23. The zero-order valence-corrected chi connectivity index (χ0v) is 37.3. The van der Waals surface area contributed by atoms with Gasteiger partial charge >= 0.3 is 0 Å². The molecule has 60 heavy (non-hydrogen) atoms. The molecular weight excluding hydrogens is 809 g/mol. The number of likely N-dealkylation sites (tertiary alicyclic amines) is 1. The molecule has 1 atom stereocenters. The van der Waals surface area contributed by atoms with Crippen molar-refractivity contribution in [3.63, 3.8) is 0 Å². The summed E-state index contributed by atoms with van der Waals surface area (Å²) in [5.74, 6) is 4.76. The zero-order chi connectivity index (χ0) is 43.2. The van der Waals surface area contributed by atoms with Gasteiger partial charge < -0.3 is 53.6 Å². The van der Waals surface area contributed by atoms with Crippen LogP contribution in [0.15, 0.2) is 48.5 Å². The highest BCUT2D eigenvalue weighted by Crippen LogP contribution is 2.40. The van der Waals surface area contributed by atoms with Crippen LogP contribution >= 0.6 is 23.5 Å². The molecule has 0 aliphatic carbocycles. The molecule has 2 fully saturated rings. The lowest BCUT2D eigenvalue weighted by Crippen LogP contribution is -2.50. The third-order valence-electron chi connectivity index (χ3n) is 10.3. The fourth-order valence-corrected chi connectivity index (χ4v) is 10.1. The topological polar surface area (TPSA) is 152 Å². The zero-order valence-electron chi connectivity index (χ0n) is 35.7. The Balaban J connectivity index is 1.10. The molecular formula is C44H58N4O10S2. The normalized spacial score (nSPS) is 15.3. The van der Waals surface area contributed by atoms with Gasteiger partial charge in [0, 0.05) is 62.5 Å². The molecule has 0 spiro atoms. The maximum atomic E-state index is 13.8. The molecule has 0 aromatic heterocycles. The van der Waals surface area contributed by atoms with Gasteiger partial charge in [0.25, 0.3) is 11.8 Å². The minimum Gasteiger partial charge on any atom is -0.493 e. The number of carbonyl (C=O) groups excluding carboxylic acids is 3. The Hall–Kier alpha value is -5.09. The summed E-state index contributed by atoms with van der Waals surface area (Å²) in [6.07, 6.45) is 5.75. The highest BCUT2D eigenvalue weighted by atomic mass is 32.2. The van der Waals surface area contributed by atoms with E-state index in [9.17, 15) is 14.4 Å². The Morgan fingerprint density at radius 2 is 1.32 bits per heavy atom. The van der Waals surface area contributed by atoms with Gasteiger partial charge in [-0.05, 0) is 66.3 Å². The minimum atomic E-state index is -0.184. The Labute approximate surface area is 361 Å². The number of thioether (sulfide) groups is 2. The highest BCUT2D eigenvalue weighted by molar-refractivity contribution is 8.17. The Bertz CT molecular complexity index is 1940. The third kappa shape index (κ3) is 11.2. The molecule has 3 amide bonds. The van der Waals surface area contributed by atoms with Crippen molar-refractivity contribution in [2.75, 3.05) is 98.7 Å². The van der Waals surface area contributed by atoms with Crippen molar-refractivity contribution in [2.45, 2.75) is 43.7 Å². The lowest BCUT2D eigenvalue weighted by atomic mass is 10.1. The molecule has 2 aliphatic heterocycles. The summed E-state index contributed by atoms with van der Waals surface area (Å²) in [5, 5.41) is 0. The van der Waals surface area contributed by atoms with Gasteiger partial charge in [-0.25, -0.2) is 0 Å². The molecule has 0 bridgehead atoms. The molecule has 3 aromatic rings. The lowest BCUT2D eigenvalue weighted by Gasteiger charge is -2.34. The van der Waals surface area contributed by atoms with Crippen LogP contribution in [0.3, 0.4) is 0 Å². The standard InChI is InChI=1S/C44H58N4O10S2/c1-8-59-44(60-9-2)33-12-10-17-48(33)43(51)31-27-36(53-4)37(28-32(31)45)58-23-11-22-57-34-15-13-29(24-35(34)52-3)14-16-40(49)46-18-20-47(21-19-46)42(50)30-25-38(54-5)41(56-7)39(26-30)55-6/h13-16,24-28,33,44H,8-12,17-23,45H2,1-7H3/b16-14+/t33-/m0/s1. The maximum absolute atomic E-state index is 13.8. The number of ether oxygens (including phenoxy) is 7. The van der Waals surface area contributed by atoms with Gasteiger partial charge in [0.2, 0.25) is 11.7 Å². The lowest BCUT2D eigenvalue weighted by molar-refractivity contribution is -0.127. The molecule has 16 heteroatoms. The second-order valence-corrected chi connectivity index (χ2v) is 17.0. The average Bonchev–Trinajstić information content (AvgIpc) is 3.77. The van der Waals surface area contributed by atoms with E-state index in [4.69, 9.17) is 38.9 Å². The Morgan fingerprint density at radius 3 is 1.92 bits per heavy atom. The molecule has 14 nitrogen and oxygen atoms in total. The summed E-state index contributed by atoms with van der Waals surface area (Å²) in [4.78, 5) is 45.6. The number of rotatable bonds is 20. The fraction of sp³-hybridized carbons (Fsp3) is 0.477. The molecule has 2 saturated heterocycles. The third-order valence-corrected chi connectivity index (χ3v) is 13.1. The Morgan fingerprint density at radius 1 is 0.717 bits per heavy atom. The van der Waals surface area contributed by atoms with Gasteiger partial charge in [-0.15, -0.1) is 23.5 Å². The van der Waals surface area contributed by atoms with Crippen molar-refractivity contribution in [3.8, 4) is 40.2 Å². The number of methoxy groups -OCH3 is 5. The monoisotopic (exact) mass is 866 g/mol. The molecule has 0 saturated carbocycles. The number of anilines is 1. The SMILES string of the molecule is CCSC(SCC)[C@@H]1CCCN1C(=O)c1cc(OC)c(OCCCOc2ccc(/C=C/C(=O)N3CCN(C(=O)c4cc(OC)c(OC)c(OC)c4)CC3)cc2OC)cc1N. The van der Waals surface area contributed by atoms with Crippen LogP contribution in [0.5, 0.6) is 40.2 Å². The van der Waals surface area contributed by atoms with Crippen molar-refractivity contribution in [2.24, 2.45) is 0 Å². The van der Waals surface area contributed by atoms with E-state index >= 15 is 0 Å². The number of hydrogen-bond donors (Lipinski definition) is 1. The van der Waals surface area contributed by atoms with E-state index in [1.165, 1.54) is 27.4 Å². The van der Waals surface area contributed by atoms with E-state index in [0.717, 1.165) is 29.9 Å². The van der Waals surface area contributed by atoms with Crippen LogP contribution in [-0.4, -0.2) is 136 Å². The van der Waals surface area contributed by atoms with E-state index in [0.29, 0.717) is 114 Å². The smallest absolute Gasteiger partial charge is 0.256 e. The maximum Gasteiger partial charge on any atom is 0.256 e. The quantitative estimate of drug-likeness (QED) is 0.0563. The number of benzene rings is 3. The van der Waals surface area contributed by atoms with Crippen LogP contribution in [0.1, 0.15) is 59.4 Å². The molecule has 0 unspecified atom stereocenters. The van der Waals surface area contributed by atoms with Gasteiger partial charge in [-0.1, -0.05) is 19.9 Å². The van der Waals surface area contributed by atoms with Crippen molar-refractivity contribution >= 4 is 53.0 Å². The summed E-state index contributed by atoms with van der Waals surface area (Å²) >= 11 is 3.80. The minimum absolute atomic E-state index is 0.0765. The first kappa shape index (κ1) is 46.0. The van der Waals surface area contributed by atoms with Crippen molar-refractivity contribution in [1.82, 2.24) is 14.7 Å². The van der Waals surface area contributed by atoms with Crippen LogP contribution in [-0.2, 0) is 4.79 Å². The first-order chi connectivity index (χ1) is 29.1. The summed E-state index contributed by atoms with van der Waals surface area (Å²) in [6, 6.07) is 12.2. The number of nitrogen functional groups attached to an aromatic ring is 1. The summed E-state index contributed by atoms with van der Waals surface area (Å²) in [5.41, 5.74) is 8.40. The van der Waals surface area contributed by atoms with Crippen molar-refractivity contribution in [1.29, 1.82) is 0 Å². The number of nitrogens with zero attached hydrogens (tertiary/aromatic N) is 3. The van der Waals surface area contributed by atoms with Crippen molar-refractivity contribution in [3.05, 3.63) is 65.2 Å². The first-order valence-electron chi connectivity index (χ1n) is 20.1. The summed E-state index contributed by atoms with van der Waals surface area (Å²) < 4.78 is 39.8. The first-order valence-corrected chi connectivity index (χ1v) is 22.2. The van der Waals surface area contributed by atoms with Gasteiger partial charge in [0.05, 0.1) is 65.0 Å². The van der Waals surface area contributed by atoms with Crippen molar-refractivity contribution < 1.29 is 47.5 Å². The number of carbonyl (C=O) groups is 3. The van der Waals surface area contributed by atoms with E-state index in [1.54, 1.807) is 66.5 Å². The fourth-order valence-electron chi connectivity index (χ4n) is 7.23. The van der Waals surface area contributed by atoms with Crippen LogP contribution in [0.2, 0.25) is 0 Å². The van der Waals surface area contributed by atoms with Crippen LogP contribution in [0.4, 0.5) is 5.69 Å².